The zero-order valence-corrected chi connectivity index (χ0v) is 9.41. The molecule has 0 amide bonds. The summed E-state index contributed by atoms with van der Waals surface area (Å²) in [4.78, 5) is 11.5. The van der Waals surface area contributed by atoms with Crippen LogP contribution in [-0.2, 0) is 4.74 Å². The fraction of sp³-hybridized carbons (Fsp3) is 0.154. The zero-order valence-electron chi connectivity index (χ0n) is 9.41. The molecule has 1 N–H and O–H groups in total. The maximum atomic E-state index is 11.5. The van der Waals surface area contributed by atoms with E-state index in [0.717, 1.165) is 0 Å². The summed E-state index contributed by atoms with van der Waals surface area (Å²) in [5.74, 6) is -0.468. The number of ether oxygens (including phenoxy) is 1. The Morgan fingerprint density at radius 2 is 1.94 bits per heavy atom. The van der Waals surface area contributed by atoms with E-state index in [0.29, 0.717) is 11.3 Å². The van der Waals surface area contributed by atoms with E-state index in [2.05, 4.69) is 4.74 Å². The fourth-order valence-electron chi connectivity index (χ4n) is 1.67. The molecule has 17 heavy (non-hydrogen) atoms. The van der Waals surface area contributed by atoms with Crippen LogP contribution in [0.1, 0.15) is 22.3 Å². The number of esters is 1. The highest BCUT2D eigenvalue weighted by Gasteiger charge is 2.17. The quantitative estimate of drug-likeness (QED) is 0.820. The molecule has 4 nitrogen and oxygen atoms in total. The molecule has 0 fully saturated rings. The molecule has 0 bridgehead atoms. The lowest BCUT2D eigenvalue weighted by molar-refractivity contribution is 0.0564. The molecule has 0 aliphatic heterocycles. The molecule has 0 saturated carbocycles. The molecule has 2 aromatic rings. The number of carbonyl (C=O) groups is 1. The number of hydrogen-bond acceptors (Lipinski definition) is 3. The standard InChI is InChI=1S/C13H13NO3/c1-17-13(16)11-8-5-9-14(11)12(15)10-6-3-2-4-7-10/h2-9,12,15H,1H3/t12-/m1/s1. The fourth-order valence-corrected chi connectivity index (χ4v) is 1.67. The average molecular weight is 231 g/mol. The van der Waals surface area contributed by atoms with E-state index in [4.69, 9.17) is 0 Å². The van der Waals surface area contributed by atoms with Crippen LogP contribution in [0.2, 0.25) is 0 Å². The molecule has 1 aromatic carbocycles. The van der Waals surface area contributed by atoms with E-state index in [1.165, 1.54) is 11.7 Å². The second kappa shape index (κ2) is 4.84. The first-order valence-corrected chi connectivity index (χ1v) is 5.22. The summed E-state index contributed by atoms with van der Waals surface area (Å²) >= 11 is 0. The van der Waals surface area contributed by atoms with Gasteiger partial charge in [-0.3, -0.25) is 0 Å². The van der Waals surface area contributed by atoms with Crippen LogP contribution in [0, 0.1) is 0 Å². The molecule has 0 saturated heterocycles. The van der Waals surface area contributed by atoms with Gasteiger partial charge in [-0.1, -0.05) is 30.3 Å². The third-order valence-corrected chi connectivity index (χ3v) is 2.53. The van der Waals surface area contributed by atoms with Crippen LogP contribution < -0.4 is 0 Å². The molecule has 4 heteroatoms. The number of aliphatic hydroxyl groups excluding tert-OH is 1. The Morgan fingerprint density at radius 1 is 1.24 bits per heavy atom. The summed E-state index contributed by atoms with van der Waals surface area (Å²) in [6.07, 6.45) is 0.754. The van der Waals surface area contributed by atoms with Crippen molar-refractivity contribution in [3.63, 3.8) is 0 Å². The van der Waals surface area contributed by atoms with Crippen LogP contribution in [0.3, 0.4) is 0 Å². The molecule has 0 aliphatic carbocycles. The van der Waals surface area contributed by atoms with Gasteiger partial charge in [-0.05, 0) is 12.1 Å². The number of benzene rings is 1. The maximum absolute atomic E-state index is 11.5. The Hall–Kier alpha value is -2.07. The number of methoxy groups -OCH3 is 1. The Balaban J connectivity index is 2.35. The molecule has 0 unspecified atom stereocenters. The summed E-state index contributed by atoms with van der Waals surface area (Å²) in [5.41, 5.74) is 1.04. The lowest BCUT2D eigenvalue weighted by Crippen LogP contribution is -2.16. The van der Waals surface area contributed by atoms with Crippen molar-refractivity contribution in [3.05, 3.63) is 59.9 Å². The topological polar surface area (TPSA) is 51.5 Å². The van der Waals surface area contributed by atoms with Gasteiger partial charge in [0.05, 0.1) is 7.11 Å². The maximum Gasteiger partial charge on any atom is 0.354 e. The predicted molar refractivity (Wildman–Crippen MR) is 62.6 cm³/mol. The van der Waals surface area contributed by atoms with E-state index in [9.17, 15) is 9.90 Å². The molecule has 1 atom stereocenters. The first-order valence-electron chi connectivity index (χ1n) is 5.22. The van der Waals surface area contributed by atoms with Crippen LogP contribution in [0.15, 0.2) is 48.7 Å². The first kappa shape index (κ1) is 11.4. The van der Waals surface area contributed by atoms with Crippen molar-refractivity contribution in [1.29, 1.82) is 0 Å². The monoisotopic (exact) mass is 231 g/mol. The number of aliphatic hydroxyl groups is 1. The highest BCUT2D eigenvalue weighted by molar-refractivity contribution is 5.87. The van der Waals surface area contributed by atoms with Gasteiger partial charge in [0.1, 0.15) is 5.69 Å². The van der Waals surface area contributed by atoms with Crippen LogP contribution in [0.4, 0.5) is 0 Å². The van der Waals surface area contributed by atoms with Gasteiger partial charge in [-0.25, -0.2) is 4.79 Å². The molecule has 1 aromatic heterocycles. The summed E-state index contributed by atoms with van der Waals surface area (Å²) in [6.45, 7) is 0. The molecular formula is C13H13NO3. The molecule has 2 rings (SSSR count). The Bertz CT molecular complexity index is 504. The summed E-state index contributed by atoms with van der Waals surface area (Å²) in [7, 11) is 1.31. The van der Waals surface area contributed by atoms with Crippen LogP contribution in [-0.4, -0.2) is 22.8 Å². The van der Waals surface area contributed by atoms with Crippen LogP contribution >= 0.6 is 0 Å². The van der Waals surface area contributed by atoms with E-state index >= 15 is 0 Å². The van der Waals surface area contributed by atoms with Gasteiger partial charge in [0.2, 0.25) is 0 Å². The average Bonchev–Trinajstić information content (AvgIpc) is 2.87. The highest BCUT2D eigenvalue weighted by Crippen LogP contribution is 2.18. The minimum Gasteiger partial charge on any atom is -0.464 e. The molecule has 88 valence electrons. The highest BCUT2D eigenvalue weighted by atomic mass is 16.5. The first-order chi connectivity index (χ1) is 8.24. The van der Waals surface area contributed by atoms with Crippen LogP contribution in [0.25, 0.3) is 0 Å². The SMILES string of the molecule is COC(=O)c1cccn1[C@H](O)c1ccccc1. The largest absolute Gasteiger partial charge is 0.464 e. The van der Waals surface area contributed by atoms with Gasteiger partial charge in [0, 0.05) is 11.8 Å². The minimum absolute atomic E-state index is 0.323. The summed E-state index contributed by atoms with van der Waals surface area (Å²) in [6, 6.07) is 12.4. The van der Waals surface area contributed by atoms with Gasteiger partial charge in [-0.15, -0.1) is 0 Å². The van der Waals surface area contributed by atoms with E-state index < -0.39 is 12.2 Å². The molecule has 0 radical (unpaired) electrons. The Kier molecular flexibility index (Phi) is 3.25. The summed E-state index contributed by atoms with van der Waals surface area (Å²) in [5, 5.41) is 10.2. The van der Waals surface area contributed by atoms with Crippen molar-refractivity contribution in [2.75, 3.05) is 7.11 Å². The number of carbonyl (C=O) groups excluding carboxylic acids is 1. The molecule has 0 spiro atoms. The number of aromatic nitrogens is 1. The second-order valence-corrected chi connectivity index (χ2v) is 3.58. The Labute approximate surface area is 99.1 Å². The van der Waals surface area contributed by atoms with E-state index in [-0.39, 0.29) is 0 Å². The van der Waals surface area contributed by atoms with Crippen molar-refractivity contribution < 1.29 is 14.6 Å². The van der Waals surface area contributed by atoms with Crippen molar-refractivity contribution in [1.82, 2.24) is 4.57 Å². The number of nitrogens with zero attached hydrogens (tertiary/aromatic N) is 1. The van der Waals surface area contributed by atoms with Crippen molar-refractivity contribution in [3.8, 4) is 0 Å². The molecular weight excluding hydrogens is 218 g/mol. The van der Waals surface area contributed by atoms with E-state index in [1.54, 1.807) is 30.5 Å². The minimum atomic E-state index is -0.889. The van der Waals surface area contributed by atoms with E-state index in [1.807, 2.05) is 18.2 Å². The zero-order chi connectivity index (χ0) is 12.3. The Morgan fingerprint density at radius 3 is 2.59 bits per heavy atom. The van der Waals surface area contributed by atoms with Gasteiger partial charge in [0.25, 0.3) is 0 Å². The van der Waals surface area contributed by atoms with Crippen LogP contribution in [0.5, 0.6) is 0 Å². The number of rotatable bonds is 3. The normalized spacial score (nSPS) is 12.1. The third kappa shape index (κ3) is 2.21. The van der Waals surface area contributed by atoms with Crippen molar-refractivity contribution >= 4 is 5.97 Å². The second-order valence-electron chi connectivity index (χ2n) is 3.58. The van der Waals surface area contributed by atoms with Crippen molar-refractivity contribution in [2.45, 2.75) is 6.23 Å². The van der Waals surface area contributed by atoms with Gasteiger partial charge < -0.3 is 14.4 Å². The van der Waals surface area contributed by atoms with Gasteiger partial charge >= 0.3 is 5.97 Å². The van der Waals surface area contributed by atoms with Gasteiger partial charge in [-0.2, -0.15) is 0 Å². The lowest BCUT2D eigenvalue weighted by atomic mass is 10.2. The number of hydrogen-bond donors (Lipinski definition) is 1. The van der Waals surface area contributed by atoms with Gasteiger partial charge in [0.15, 0.2) is 6.23 Å². The molecule has 1 heterocycles. The lowest BCUT2D eigenvalue weighted by Gasteiger charge is -2.15. The smallest absolute Gasteiger partial charge is 0.354 e. The third-order valence-electron chi connectivity index (χ3n) is 2.53. The summed E-state index contributed by atoms with van der Waals surface area (Å²) < 4.78 is 6.12. The van der Waals surface area contributed by atoms with Crippen molar-refractivity contribution in [2.24, 2.45) is 0 Å². The predicted octanol–water partition coefficient (Wildman–Crippen LogP) is 1.81. The molecule has 0 aliphatic rings.